The van der Waals surface area contributed by atoms with E-state index in [1.807, 2.05) is 7.05 Å². The summed E-state index contributed by atoms with van der Waals surface area (Å²) < 4.78 is 0. The lowest BCUT2D eigenvalue weighted by atomic mass is 9.74. The summed E-state index contributed by atoms with van der Waals surface area (Å²) in [5, 5.41) is 3.72. The summed E-state index contributed by atoms with van der Waals surface area (Å²) in [4.78, 5) is 9.66. The molecule has 3 rings (SSSR count). The fraction of sp³-hybridized carbons (Fsp3) is 0.950. The van der Waals surface area contributed by atoms with E-state index in [2.05, 4.69) is 27.2 Å². The van der Waals surface area contributed by atoms with Crippen molar-refractivity contribution < 1.29 is 0 Å². The summed E-state index contributed by atoms with van der Waals surface area (Å²) in [6.45, 7) is 6.02. The second-order valence-electron chi connectivity index (χ2n) is 8.61. The van der Waals surface area contributed by atoms with E-state index in [0.717, 1.165) is 18.4 Å². The average Bonchev–Trinajstić information content (AvgIpc) is 2.83. The van der Waals surface area contributed by atoms with Gasteiger partial charge in [-0.3, -0.25) is 4.99 Å². The number of hydrogen-bond donors (Lipinski definition) is 1. The number of rotatable bonds is 2. The normalized spacial score (nSPS) is 26.2. The van der Waals surface area contributed by atoms with Crippen LogP contribution in [0.5, 0.6) is 0 Å². The molecule has 2 heterocycles. The second-order valence-corrected chi connectivity index (χ2v) is 8.61. The van der Waals surface area contributed by atoms with Gasteiger partial charge in [0.1, 0.15) is 0 Å². The minimum absolute atomic E-state index is 0. The van der Waals surface area contributed by atoms with Crippen LogP contribution in [-0.2, 0) is 0 Å². The maximum Gasteiger partial charge on any atom is 0.193 e. The highest BCUT2D eigenvalue weighted by Gasteiger charge is 2.36. The van der Waals surface area contributed by atoms with E-state index in [0.29, 0.717) is 5.41 Å². The maximum atomic E-state index is 4.63. The number of hydrogen-bond acceptors (Lipinski definition) is 2. The minimum atomic E-state index is 0. The molecule has 0 bridgehead atoms. The fourth-order valence-electron chi connectivity index (χ4n) is 5.11. The molecule has 0 aromatic heterocycles. The quantitative estimate of drug-likeness (QED) is 0.383. The molecular weight excluding hydrogens is 423 g/mol. The van der Waals surface area contributed by atoms with Crippen molar-refractivity contribution in [2.75, 3.05) is 46.8 Å². The van der Waals surface area contributed by atoms with Crippen LogP contribution in [0, 0.1) is 11.3 Å². The topological polar surface area (TPSA) is 30.9 Å². The van der Waals surface area contributed by atoms with E-state index in [4.69, 9.17) is 0 Å². The molecule has 0 aromatic carbocycles. The largest absolute Gasteiger partial charge is 0.356 e. The van der Waals surface area contributed by atoms with Gasteiger partial charge in [0.05, 0.1) is 0 Å². The van der Waals surface area contributed by atoms with E-state index in [-0.39, 0.29) is 24.0 Å². The Hall–Kier alpha value is -0.0400. The highest BCUT2D eigenvalue weighted by molar-refractivity contribution is 14.0. The molecule has 0 atom stereocenters. The van der Waals surface area contributed by atoms with Crippen molar-refractivity contribution in [2.24, 2.45) is 16.3 Å². The molecule has 1 spiro atoms. The number of nitrogens with one attached hydrogen (secondary N) is 1. The molecule has 146 valence electrons. The van der Waals surface area contributed by atoms with Crippen molar-refractivity contribution in [3.8, 4) is 0 Å². The monoisotopic (exact) mass is 462 g/mol. The predicted octanol–water partition coefficient (Wildman–Crippen LogP) is 3.96. The lowest BCUT2D eigenvalue weighted by Crippen LogP contribution is -2.51. The molecule has 3 aliphatic rings. The summed E-state index contributed by atoms with van der Waals surface area (Å²) in [6, 6.07) is 0. The first kappa shape index (κ1) is 21.3. The van der Waals surface area contributed by atoms with E-state index < -0.39 is 0 Å². The molecule has 0 unspecified atom stereocenters. The van der Waals surface area contributed by atoms with Gasteiger partial charge in [-0.25, -0.2) is 0 Å². The van der Waals surface area contributed by atoms with Crippen LogP contribution in [0.2, 0.25) is 0 Å². The SMILES string of the molecule is CN=C(NCC1CCN(C)CC1)N1CCCC2(CCCCCC2)C1.I. The number of aliphatic imine (C=N–C) groups is 1. The fourth-order valence-corrected chi connectivity index (χ4v) is 5.11. The summed E-state index contributed by atoms with van der Waals surface area (Å²) >= 11 is 0. The zero-order valence-electron chi connectivity index (χ0n) is 16.4. The Morgan fingerprint density at radius 2 is 1.64 bits per heavy atom. The first-order valence-corrected chi connectivity index (χ1v) is 10.3. The molecule has 4 nitrogen and oxygen atoms in total. The van der Waals surface area contributed by atoms with Gasteiger partial charge < -0.3 is 15.1 Å². The van der Waals surface area contributed by atoms with E-state index in [9.17, 15) is 0 Å². The number of halogens is 1. The minimum Gasteiger partial charge on any atom is -0.356 e. The molecule has 1 N–H and O–H groups in total. The van der Waals surface area contributed by atoms with Crippen LogP contribution in [0.1, 0.15) is 64.2 Å². The maximum absolute atomic E-state index is 4.63. The average molecular weight is 462 g/mol. The van der Waals surface area contributed by atoms with Crippen molar-refractivity contribution in [1.29, 1.82) is 0 Å². The van der Waals surface area contributed by atoms with Crippen molar-refractivity contribution in [2.45, 2.75) is 64.2 Å². The van der Waals surface area contributed by atoms with Crippen LogP contribution in [0.15, 0.2) is 4.99 Å². The third-order valence-corrected chi connectivity index (χ3v) is 6.72. The molecule has 3 fully saturated rings. The molecule has 0 aromatic rings. The van der Waals surface area contributed by atoms with Crippen LogP contribution in [0.3, 0.4) is 0 Å². The predicted molar refractivity (Wildman–Crippen MR) is 118 cm³/mol. The Morgan fingerprint density at radius 3 is 2.28 bits per heavy atom. The van der Waals surface area contributed by atoms with Gasteiger partial charge in [-0.05, 0) is 70.0 Å². The standard InChI is InChI=1S/C20H38N4.HI/c1-21-19(22-16-18-8-14-23(2)15-9-18)24-13-7-12-20(17-24)10-5-3-4-6-11-20;/h18H,3-17H2,1-2H3,(H,21,22);1H. The van der Waals surface area contributed by atoms with Crippen molar-refractivity contribution >= 4 is 29.9 Å². The Kier molecular flexibility index (Phi) is 8.79. The van der Waals surface area contributed by atoms with Crippen LogP contribution < -0.4 is 5.32 Å². The molecule has 2 aliphatic heterocycles. The van der Waals surface area contributed by atoms with Crippen molar-refractivity contribution in [1.82, 2.24) is 15.1 Å². The molecule has 1 aliphatic carbocycles. The number of piperidine rings is 2. The summed E-state index contributed by atoms with van der Waals surface area (Å²) in [6.07, 6.45) is 14.1. The van der Waals surface area contributed by atoms with Gasteiger partial charge >= 0.3 is 0 Å². The summed E-state index contributed by atoms with van der Waals surface area (Å²) in [5.74, 6) is 1.98. The van der Waals surface area contributed by atoms with Crippen molar-refractivity contribution in [3.63, 3.8) is 0 Å². The number of guanidine groups is 1. The zero-order chi connectivity index (χ0) is 16.8. The van der Waals surface area contributed by atoms with Crippen LogP contribution in [-0.4, -0.2) is 62.6 Å². The van der Waals surface area contributed by atoms with Gasteiger partial charge in [0.25, 0.3) is 0 Å². The van der Waals surface area contributed by atoms with Gasteiger partial charge in [0.2, 0.25) is 0 Å². The molecule has 1 saturated carbocycles. The number of likely N-dealkylation sites (tertiary alicyclic amines) is 2. The van der Waals surface area contributed by atoms with E-state index in [1.54, 1.807) is 0 Å². The van der Waals surface area contributed by atoms with Gasteiger partial charge in [0, 0.05) is 26.7 Å². The van der Waals surface area contributed by atoms with Gasteiger partial charge in [-0.1, -0.05) is 25.7 Å². The number of nitrogens with zero attached hydrogens (tertiary/aromatic N) is 3. The van der Waals surface area contributed by atoms with Gasteiger partial charge in [-0.15, -0.1) is 24.0 Å². The zero-order valence-corrected chi connectivity index (χ0v) is 18.8. The molecule has 25 heavy (non-hydrogen) atoms. The molecule has 2 saturated heterocycles. The Morgan fingerprint density at radius 1 is 1.00 bits per heavy atom. The molecule has 5 heteroatoms. The third-order valence-electron chi connectivity index (χ3n) is 6.72. The first-order valence-electron chi connectivity index (χ1n) is 10.3. The Balaban J connectivity index is 0.00000225. The molecule has 0 amide bonds. The third kappa shape index (κ3) is 5.98. The van der Waals surface area contributed by atoms with Crippen LogP contribution in [0.4, 0.5) is 0 Å². The van der Waals surface area contributed by atoms with Crippen LogP contribution >= 0.6 is 24.0 Å². The highest BCUT2D eigenvalue weighted by atomic mass is 127. The van der Waals surface area contributed by atoms with Gasteiger partial charge in [0.15, 0.2) is 5.96 Å². The lowest BCUT2D eigenvalue weighted by molar-refractivity contribution is 0.115. The smallest absolute Gasteiger partial charge is 0.193 e. The van der Waals surface area contributed by atoms with E-state index in [1.165, 1.54) is 90.4 Å². The summed E-state index contributed by atoms with van der Waals surface area (Å²) in [7, 11) is 4.20. The van der Waals surface area contributed by atoms with Crippen molar-refractivity contribution in [3.05, 3.63) is 0 Å². The van der Waals surface area contributed by atoms with Gasteiger partial charge in [-0.2, -0.15) is 0 Å². The highest BCUT2D eigenvalue weighted by Crippen LogP contribution is 2.42. The second kappa shape index (κ2) is 10.3. The Bertz CT molecular complexity index is 410. The lowest BCUT2D eigenvalue weighted by Gasteiger charge is -2.44. The summed E-state index contributed by atoms with van der Waals surface area (Å²) in [5.41, 5.74) is 0.583. The van der Waals surface area contributed by atoms with E-state index >= 15 is 0 Å². The Labute approximate surface area is 172 Å². The molecular formula is C20H39IN4. The van der Waals surface area contributed by atoms with Crippen LogP contribution in [0.25, 0.3) is 0 Å². The first-order chi connectivity index (χ1) is 11.7. The molecule has 0 radical (unpaired) electrons.